The monoisotopic (exact) mass is 634 g/mol. The average Bonchev–Trinajstić information content (AvgIpc) is 3.06. The Morgan fingerprint density at radius 2 is 1.09 bits per heavy atom. The van der Waals surface area contributed by atoms with Gasteiger partial charge in [-0.1, -0.05) is 70.0 Å². The quantitative estimate of drug-likeness (QED) is 0.0494. The number of aryl methyl sites for hydroxylation is 2. The van der Waals surface area contributed by atoms with Crippen molar-refractivity contribution in [3.63, 3.8) is 0 Å². The van der Waals surface area contributed by atoms with Crippen LogP contribution in [-0.2, 0) is 41.5 Å². The molecule has 0 aliphatic rings. The molecular formula is C38H50O8. The van der Waals surface area contributed by atoms with Crippen molar-refractivity contribution in [3.05, 3.63) is 85.0 Å². The molecule has 2 aromatic carbocycles. The smallest absolute Gasteiger partial charge is 0.330 e. The third-order valence-corrected chi connectivity index (χ3v) is 7.60. The highest BCUT2D eigenvalue weighted by atomic mass is 16.5. The fourth-order valence-electron chi connectivity index (χ4n) is 4.84. The van der Waals surface area contributed by atoms with Gasteiger partial charge in [-0.15, -0.1) is 0 Å². The maximum absolute atomic E-state index is 12.8. The summed E-state index contributed by atoms with van der Waals surface area (Å²) >= 11 is 0. The van der Waals surface area contributed by atoms with Crippen LogP contribution >= 0.6 is 0 Å². The van der Waals surface area contributed by atoms with Crippen molar-refractivity contribution >= 4 is 23.9 Å². The molecule has 2 rings (SSSR count). The molecule has 0 radical (unpaired) electrons. The van der Waals surface area contributed by atoms with Gasteiger partial charge in [0.1, 0.15) is 11.5 Å². The van der Waals surface area contributed by atoms with Crippen molar-refractivity contribution < 1.29 is 38.1 Å². The summed E-state index contributed by atoms with van der Waals surface area (Å²) in [5.74, 6) is -0.628. The summed E-state index contributed by atoms with van der Waals surface area (Å²) in [6.07, 6.45) is 13.9. The Hall–Kier alpha value is -4.20. The molecule has 0 amide bonds. The molecule has 0 saturated heterocycles. The molecule has 0 aliphatic carbocycles. The van der Waals surface area contributed by atoms with Gasteiger partial charge in [0.25, 0.3) is 0 Å². The van der Waals surface area contributed by atoms with E-state index in [4.69, 9.17) is 18.9 Å². The van der Waals surface area contributed by atoms with Crippen molar-refractivity contribution in [2.24, 2.45) is 5.92 Å². The number of carbonyl (C=O) groups is 4. The number of esters is 4. The van der Waals surface area contributed by atoms with Gasteiger partial charge < -0.3 is 18.9 Å². The van der Waals surface area contributed by atoms with Gasteiger partial charge in [0.05, 0.1) is 19.1 Å². The van der Waals surface area contributed by atoms with E-state index in [-0.39, 0.29) is 36.2 Å². The molecule has 0 bridgehead atoms. The number of ether oxygens (including phenoxy) is 4. The van der Waals surface area contributed by atoms with E-state index in [2.05, 4.69) is 13.2 Å². The van der Waals surface area contributed by atoms with E-state index in [1.807, 2.05) is 55.5 Å². The summed E-state index contributed by atoms with van der Waals surface area (Å²) in [5.41, 5.74) is 2.35. The third kappa shape index (κ3) is 16.8. The molecule has 0 fully saturated rings. The molecule has 2 aromatic rings. The second-order valence-electron chi connectivity index (χ2n) is 11.3. The number of carbonyl (C=O) groups excluding carboxylic acids is 4. The van der Waals surface area contributed by atoms with Crippen LogP contribution in [0.1, 0.15) is 95.1 Å². The second-order valence-corrected chi connectivity index (χ2v) is 11.3. The Kier molecular flexibility index (Phi) is 19.1. The second kappa shape index (κ2) is 23.2. The summed E-state index contributed by atoms with van der Waals surface area (Å²) in [6, 6.07) is 15.2. The van der Waals surface area contributed by atoms with Gasteiger partial charge in [0, 0.05) is 18.6 Å². The SMILES string of the molecule is C=CC(=O)OCCCCCCc1ccc(OC(=O)CCCC(CC)C(=O)Oc2ccc(CCCCCCOC(=O)C=C)cc2)cc1. The van der Waals surface area contributed by atoms with Gasteiger partial charge in [0.2, 0.25) is 0 Å². The summed E-state index contributed by atoms with van der Waals surface area (Å²) in [4.78, 5) is 47.2. The Balaban J connectivity index is 1.60. The molecule has 250 valence electrons. The summed E-state index contributed by atoms with van der Waals surface area (Å²) in [6.45, 7) is 9.54. The molecule has 8 nitrogen and oxygen atoms in total. The molecule has 8 heteroatoms. The van der Waals surface area contributed by atoms with E-state index >= 15 is 0 Å². The topological polar surface area (TPSA) is 105 Å². The summed E-state index contributed by atoms with van der Waals surface area (Å²) in [7, 11) is 0. The first-order chi connectivity index (χ1) is 22.3. The van der Waals surface area contributed by atoms with Crippen LogP contribution in [0.25, 0.3) is 0 Å². The lowest BCUT2D eigenvalue weighted by Crippen LogP contribution is -2.20. The molecule has 0 heterocycles. The molecule has 0 saturated carbocycles. The van der Waals surface area contributed by atoms with E-state index in [0.717, 1.165) is 64.2 Å². The standard InChI is InChI=1S/C38H50O8/c1-4-32(38(42)46-34-26-22-31(23-27-34)17-12-8-10-14-29-44-36(40)6-3)18-15-19-37(41)45-33-24-20-30(21-25-33)16-11-7-9-13-28-43-35(39)5-2/h5-6,20-27,32H,2-4,7-19,28-29H2,1H3. The Bertz CT molecular complexity index is 1220. The van der Waals surface area contributed by atoms with E-state index in [1.54, 1.807) is 0 Å². The van der Waals surface area contributed by atoms with Crippen LogP contribution < -0.4 is 9.47 Å². The van der Waals surface area contributed by atoms with Gasteiger partial charge in [-0.3, -0.25) is 9.59 Å². The van der Waals surface area contributed by atoms with E-state index < -0.39 is 0 Å². The maximum Gasteiger partial charge on any atom is 0.330 e. The van der Waals surface area contributed by atoms with E-state index in [0.29, 0.717) is 44.0 Å². The van der Waals surface area contributed by atoms with Gasteiger partial charge in [0.15, 0.2) is 0 Å². The maximum atomic E-state index is 12.8. The number of hydrogen-bond acceptors (Lipinski definition) is 8. The minimum atomic E-state index is -0.382. The molecule has 46 heavy (non-hydrogen) atoms. The molecule has 1 atom stereocenters. The Morgan fingerprint density at radius 3 is 1.54 bits per heavy atom. The van der Waals surface area contributed by atoms with Crippen molar-refractivity contribution in [1.29, 1.82) is 0 Å². The van der Waals surface area contributed by atoms with Crippen LogP contribution in [0.3, 0.4) is 0 Å². The van der Waals surface area contributed by atoms with Crippen molar-refractivity contribution in [3.8, 4) is 11.5 Å². The highest BCUT2D eigenvalue weighted by Gasteiger charge is 2.19. The average molecular weight is 635 g/mol. The number of hydrogen-bond donors (Lipinski definition) is 0. The van der Waals surface area contributed by atoms with Crippen LogP contribution in [0, 0.1) is 5.92 Å². The molecule has 0 N–H and O–H groups in total. The molecule has 0 aromatic heterocycles. The lowest BCUT2D eigenvalue weighted by molar-refractivity contribution is -0.140. The molecule has 1 unspecified atom stereocenters. The Labute approximate surface area is 274 Å². The third-order valence-electron chi connectivity index (χ3n) is 7.60. The van der Waals surface area contributed by atoms with E-state index in [1.165, 1.54) is 23.3 Å². The van der Waals surface area contributed by atoms with Gasteiger partial charge in [-0.25, -0.2) is 9.59 Å². The molecule has 0 aliphatic heterocycles. The normalized spacial score (nSPS) is 11.2. The van der Waals surface area contributed by atoms with Crippen molar-refractivity contribution in [2.75, 3.05) is 13.2 Å². The van der Waals surface area contributed by atoms with Crippen LogP contribution in [-0.4, -0.2) is 37.1 Å². The zero-order chi connectivity index (χ0) is 33.4. The molecule has 0 spiro atoms. The van der Waals surface area contributed by atoms with E-state index in [9.17, 15) is 19.2 Å². The fourth-order valence-corrected chi connectivity index (χ4v) is 4.84. The zero-order valence-corrected chi connectivity index (χ0v) is 27.3. The van der Waals surface area contributed by atoms with Gasteiger partial charge >= 0.3 is 23.9 Å². The number of unbranched alkanes of at least 4 members (excludes halogenated alkanes) is 6. The minimum absolute atomic E-state index is 0.225. The van der Waals surface area contributed by atoms with Crippen LogP contribution in [0.4, 0.5) is 0 Å². The zero-order valence-electron chi connectivity index (χ0n) is 27.3. The minimum Gasteiger partial charge on any atom is -0.463 e. The van der Waals surface area contributed by atoms with Crippen molar-refractivity contribution in [2.45, 2.75) is 96.8 Å². The van der Waals surface area contributed by atoms with Crippen LogP contribution in [0.2, 0.25) is 0 Å². The lowest BCUT2D eigenvalue weighted by Gasteiger charge is -2.14. The highest BCUT2D eigenvalue weighted by molar-refractivity contribution is 5.81. The predicted molar refractivity (Wildman–Crippen MR) is 178 cm³/mol. The van der Waals surface area contributed by atoms with Crippen molar-refractivity contribution in [1.82, 2.24) is 0 Å². The highest BCUT2D eigenvalue weighted by Crippen LogP contribution is 2.21. The summed E-state index contributed by atoms with van der Waals surface area (Å²) in [5, 5.41) is 0. The number of benzene rings is 2. The number of rotatable bonds is 24. The largest absolute Gasteiger partial charge is 0.463 e. The fraction of sp³-hybridized carbons (Fsp3) is 0.474. The first-order valence-electron chi connectivity index (χ1n) is 16.5. The predicted octanol–water partition coefficient (Wildman–Crippen LogP) is 8.06. The summed E-state index contributed by atoms with van der Waals surface area (Å²) < 4.78 is 21.1. The van der Waals surface area contributed by atoms with Crippen LogP contribution in [0.5, 0.6) is 11.5 Å². The van der Waals surface area contributed by atoms with Crippen LogP contribution in [0.15, 0.2) is 73.8 Å². The Morgan fingerprint density at radius 1 is 0.630 bits per heavy atom. The van der Waals surface area contributed by atoms with Gasteiger partial charge in [-0.2, -0.15) is 0 Å². The lowest BCUT2D eigenvalue weighted by atomic mass is 9.99. The first kappa shape index (κ1) is 38.0. The van der Waals surface area contributed by atoms with Gasteiger partial charge in [-0.05, 0) is 93.2 Å². The first-order valence-corrected chi connectivity index (χ1v) is 16.5. The molecular weight excluding hydrogens is 584 g/mol.